The number of aliphatic carboxylic acids is 1. The van der Waals surface area contributed by atoms with Gasteiger partial charge in [0.2, 0.25) is 5.82 Å². The molecule has 0 saturated carbocycles. The normalized spacial score (nSPS) is 12.0. The molecule has 0 aliphatic heterocycles. The van der Waals surface area contributed by atoms with E-state index in [4.69, 9.17) is 27.2 Å². The van der Waals surface area contributed by atoms with Crippen LogP contribution in [0.2, 0.25) is 5.15 Å². The maximum Gasteiger partial charge on any atom is 0.323 e. The molecular weight excluding hydrogens is 572 g/mol. The van der Waals surface area contributed by atoms with Crippen LogP contribution in [0.1, 0.15) is 56.1 Å². The van der Waals surface area contributed by atoms with Gasteiger partial charge in [-0.05, 0) is 48.2 Å². The molecule has 228 valence electrons. The molecule has 2 aromatic heterocycles. The molecule has 0 spiro atoms. The van der Waals surface area contributed by atoms with E-state index in [9.17, 15) is 9.59 Å². The molecule has 0 fully saturated rings. The average molecular weight is 609 g/mol. The number of carbonyl (C=O) groups excluding carboxylic acids is 1. The Hall–Kier alpha value is -4.13. The topological polar surface area (TPSA) is 165 Å². The van der Waals surface area contributed by atoms with Crippen molar-refractivity contribution >= 4 is 23.5 Å². The molecule has 0 aliphatic rings. The Labute approximate surface area is 255 Å². The molecule has 4 aromatic rings. The number of hydrogen-bond acceptors (Lipinski definition) is 9. The zero-order valence-electron chi connectivity index (χ0n) is 24.4. The number of H-pyrrole nitrogens is 1. The van der Waals surface area contributed by atoms with Gasteiger partial charge >= 0.3 is 11.9 Å². The molecule has 2 aromatic carbocycles. The van der Waals surface area contributed by atoms with Crippen molar-refractivity contribution in [2.24, 2.45) is 5.73 Å². The predicted molar refractivity (Wildman–Crippen MR) is 162 cm³/mol. The molecule has 12 nitrogen and oxygen atoms in total. The quantitative estimate of drug-likeness (QED) is 0.123. The first kappa shape index (κ1) is 31.8. The van der Waals surface area contributed by atoms with E-state index < -0.39 is 18.0 Å². The van der Waals surface area contributed by atoms with Gasteiger partial charge in [0, 0.05) is 31.6 Å². The lowest BCUT2D eigenvalue weighted by Gasteiger charge is -2.25. The van der Waals surface area contributed by atoms with E-state index in [0.717, 1.165) is 47.3 Å². The van der Waals surface area contributed by atoms with Gasteiger partial charge < -0.3 is 20.1 Å². The Morgan fingerprint density at radius 3 is 2.53 bits per heavy atom. The zero-order valence-corrected chi connectivity index (χ0v) is 25.1. The Kier molecular flexibility index (Phi) is 11.4. The van der Waals surface area contributed by atoms with Crippen molar-refractivity contribution in [1.82, 2.24) is 35.1 Å². The van der Waals surface area contributed by atoms with Crippen LogP contribution in [0, 0.1) is 0 Å². The van der Waals surface area contributed by atoms with Crippen molar-refractivity contribution < 1.29 is 19.4 Å². The Balaban J connectivity index is 1.54. The molecular formula is C30H37ClN8O4. The molecule has 0 unspecified atom stereocenters. The molecule has 1 atom stereocenters. The second kappa shape index (κ2) is 15.4. The van der Waals surface area contributed by atoms with Crippen molar-refractivity contribution in [2.45, 2.75) is 64.6 Å². The van der Waals surface area contributed by atoms with Gasteiger partial charge in [-0.25, -0.2) is 4.98 Å². The summed E-state index contributed by atoms with van der Waals surface area (Å²) >= 11 is 6.60. The van der Waals surface area contributed by atoms with Gasteiger partial charge in [0.15, 0.2) is 5.15 Å². The number of nitrogens with one attached hydrogen (secondary N) is 1. The van der Waals surface area contributed by atoms with Crippen LogP contribution in [0.25, 0.3) is 22.5 Å². The number of nitrogens with zero attached hydrogens (tertiary/aromatic N) is 6. The standard InChI is InChI=1S/C30H37ClN8O4/c1-3-4-11-26-33-28(31)25(18-43-30(42)24(38(2)19-32)10-7-12-27(40)41)39(26)17-20-13-15-21(16-14-20)22-8-5-6-9-23(22)29-34-36-37-35-29/h5-6,8-9,13-16,24H,3-4,7,10-12,17-19,32H2,1-2H3,(H,40,41)(H,34,35,36,37)/t24-/m1/s1. The fourth-order valence-electron chi connectivity index (χ4n) is 4.86. The number of tetrazole rings is 1. The number of nitrogens with two attached hydrogens (primary N) is 1. The lowest BCUT2D eigenvalue weighted by molar-refractivity contribution is -0.151. The molecule has 13 heteroatoms. The number of carboxylic acid groups (broad SMARTS) is 1. The van der Waals surface area contributed by atoms with Crippen molar-refractivity contribution in [3.8, 4) is 22.5 Å². The number of carbonyl (C=O) groups is 2. The number of aromatic nitrogens is 6. The number of ether oxygens (including phenoxy) is 1. The summed E-state index contributed by atoms with van der Waals surface area (Å²) in [5.41, 5.74) is 10.3. The molecule has 0 bridgehead atoms. The molecule has 0 aliphatic carbocycles. The molecule has 2 heterocycles. The zero-order chi connectivity index (χ0) is 30.8. The van der Waals surface area contributed by atoms with E-state index in [2.05, 4.69) is 32.5 Å². The van der Waals surface area contributed by atoms with Crippen molar-refractivity contribution in [2.75, 3.05) is 13.7 Å². The summed E-state index contributed by atoms with van der Waals surface area (Å²) in [6.45, 7) is 2.66. The van der Waals surface area contributed by atoms with Crippen LogP contribution in [-0.2, 0) is 33.9 Å². The third kappa shape index (κ3) is 8.25. The smallest absolute Gasteiger partial charge is 0.323 e. The lowest BCUT2D eigenvalue weighted by Crippen LogP contribution is -2.42. The minimum atomic E-state index is -0.915. The number of carboxylic acids is 1. The van der Waals surface area contributed by atoms with Gasteiger partial charge in [-0.15, -0.1) is 10.2 Å². The van der Waals surface area contributed by atoms with E-state index in [0.29, 0.717) is 36.1 Å². The van der Waals surface area contributed by atoms with E-state index in [1.807, 2.05) is 53.1 Å². The third-order valence-corrected chi connectivity index (χ3v) is 7.59. The summed E-state index contributed by atoms with van der Waals surface area (Å²) in [4.78, 5) is 30.3. The molecule has 0 radical (unpaired) electrons. The van der Waals surface area contributed by atoms with E-state index in [1.54, 1.807) is 11.9 Å². The summed E-state index contributed by atoms with van der Waals surface area (Å²) < 4.78 is 7.74. The molecule has 43 heavy (non-hydrogen) atoms. The van der Waals surface area contributed by atoms with Gasteiger partial charge in [-0.2, -0.15) is 5.21 Å². The van der Waals surface area contributed by atoms with Gasteiger partial charge in [0.05, 0.1) is 5.69 Å². The minimum Gasteiger partial charge on any atom is -0.481 e. The summed E-state index contributed by atoms with van der Waals surface area (Å²) in [7, 11) is 1.71. The number of aromatic amines is 1. The lowest BCUT2D eigenvalue weighted by atomic mass is 9.98. The van der Waals surface area contributed by atoms with Gasteiger partial charge in [-0.3, -0.25) is 14.5 Å². The maximum atomic E-state index is 13.1. The Morgan fingerprint density at radius 2 is 1.88 bits per heavy atom. The Morgan fingerprint density at radius 1 is 1.14 bits per heavy atom. The van der Waals surface area contributed by atoms with Crippen LogP contribution < -0.4 is 5.73 Å². The number of likely N-dealkylation sites (N-methyl/N-ethyl adjacent to an activating group) is 1. The second-order valence-corrected chi connectivity index (χ2v) is 10.6. The molecule has 0 saturated heterocycles. The number of halogens is 1. The fraction of sp³-hybridized carbons (Fsp3) is 0.400. The number of unbranched alkanes of at least 4 members (excludes halogenated alkanes) is 1. The van der Waals surface area contributed by atoms with Crippen LogP contribution in [0.15, 0.2) is 48.5 Å². The van der Waals surface area contributed by atoms with E-state index in [-0.39, 0.29) is 19.7 Å². The first-order valence-electron chi connectivity index (χ1n) is 14.3. The van der Waals surface area contributed by atoms with Crippen LogP contribution in [0.3, 0.4) is 0 Å². The van der Waals surface area contributed by atoms with Crippen molar-refractivity contribution in [1.29, 1.82) is 0 Å². The third-order valence-electron chi connectivity index (χ3n) is 7.29. The van der Waals surface area contributed by atoms with Crippen LogP contribution >= 0.6 is 11.6 Å². The fourth-order valence-corrected chi connectivity index (χ4v) is 5.12. The number of imidazole rings is 1. The first-order valence-corrected chi connectivity index (χ1v) is 14.6. The summed E-state index contributed by atoms with van der Waals surface area (Å²) in [6.07, 6.45) is 3.26. The average Bonchev–Trinajstić information content (AvgIpc) is 3.65. The minimum absolute atomic E-state index is 0.0386. The predicted octanol–water partition coefficient (Wildman–Crippen LogP) is 4.29. The monoisotopic (exact) mass is 608 g/mol. The number of aryl methyl sites for hydroxylation is 1. The number of esters is 1. The highest BCUT2D eigenvalue weighted by molar-refractivity contribution is 6.30. The number of hydrogen-bond donors (Lipinski definition) is 3. The van der Waals surface area contributed by atoms with E-state index >= 15 is 0 Å². The van der Waals surface area contributed by atoms with E-state index in [1.165, 1.54) is 0 Å². The summed E-state index contributed by atoms with van der Waals surface area (Å²) in [6, 6.07) is 15.4. The molecule has 4 rings (SSSR count). The Bertz CT molecular complexity index is 1490. The van der Waals surface area contributed by atoms with Crippen LogP contribution in [-0.4, -0.2) is 71.9 Å². The molecule has 0 amide bonds. The second-order valence-electron chi connectivity index (χ2n) is 10.3. The highest BCUT2D eigenvalue weighted by Gasteiger charge is 2.26. The summed E-state index contributed by atoms with van der Waals surface area (Å²) in [5, 5.41) is 23.7. The van der Waals surface area contributed by atoms with Gasteiger partial charge in [-0.1, -0.05) is 73.5 Å². The van der Waals surface area contributed by atoms with Crippen LogP contribution in [0.4, 0.5) is 0 Å². The number of rotatable bonds is 16. The molecule has 4 N–H and O–H groups in total. The highest BCUT2D eigenvalue weighted by Crippen LogP contribution is 2.30. The van der Waals surface area contributed by atoms with Crippen molar-refractivity contribution in [3.63, 3.8) is 0 Å². The number of benzene rings is 2. The highest BCUT2D eigenvalue weighted by atomic mass is 35.5. The maximum absolute atomic E-state index is 13.1. The van der Waals surface area contributed by atoms with Gasteiger partial charge in [0.1, 0.15) is 18.5 Å². The first-order chi connectivity index (χ1) is 20.8. The summed E-state index contributed by atoms with van der Waals surface area (Å²) in [5.74, 6) is -0.0558. The van der Waals surface area contributed by atoms with Gasteiger partial charge in [0.25, 0.3) is 0 Å². The van der Waals surface area contributed by atoms with Crippen molar-refractivity contribution in [3.05, 3.63) is 70.8 Å². The SMILES string of the molecule is CCCCc1nc(Cl)c(COC(=O)[C@@H](CCCC(=O)O)N(C)CN)n1Cc1ccc(-c2ccccc2-c2nn[nH]n2)cc1. The largest absolute Gasteiger partial charge is 0.481 e. The van der Waals surface area contributed by atoms with Crippen LogP contribution in [0.5, 0.6) is 0 Å².